The lowest BCUT2D eigenvalue weighted by atomic mass is 9.78. The first-order valence-corrected chi connectivity index (χ1v) is 13.7. The minimum Gasteiger partial charge on any atom is -0.423 e. The van der Waals surface area contributed by atoms with Crippen molar-refractivity contribution in [2.75, 3.05) is 6.54 Å². The van der Waals surface area contributed by atoms with E-state index < -0.39 is 57.7 Å². The number of amides is 3. The number of Topliss-reactive ketones (excluding diaryl/α,β-unsaturated/α-hetero) is 1. The number of hydrogen-bond acceptors (Lipinski definition) is 10. The quantitative estimate of drug-likeness (QED) is 0.0646. The molecule has 1 saturated heterocycles. The van der Waals surface area contributed by atoms with Crippen LogP contribution in [-0.2, 0) is 9.59 Å². The van der Waals surface area contributed by atoms with Crippen LogP contribution in [0.4, 0.5) is 11.4 Å². The lowest BCUT2D eigenvalue weighted by Gasteiger charge is -2.30. The van der Waals surface area contributed by atoms with E-state index >= 15 is 0 Å². The van der Waals surface area contributed by atoms with Gasteiger partial charge in [0.2, 0.25) is 0 Å². The third-order valence-corrected chi connectivity index (χ3v) is 7.64. The second-order valence-electron chi connectivity index (χ2n) is 10.5. The molecule has 1 aliphatic carbocycles. The molecule has 3 aromatic carbocycles. The van der Waals surface area contributed by atoms with Gasteiger partial charge in [-0.2, -0.15) is 5.01 Å². The maximum atomic E-state index is 13.7. The summed E-state index contributed by atoms with van der Waals surface area (Å²) < 4.78 is 5.28. The van der Waals surface area contributed by atoms with E-state index in [0.717, 1.165) is 29.3 Å². The molecule has 1 aliphatic heterocycles. The topological polar surface area (TPSA) is 187 Å². The van der Waals surface area contributed by atoms with E-state index in [2.05, 4.69) is 0 Å². The van der Waals surface area contributed by atoms with Crippen LogP contribution in [0.3, 0.4) is 0 Å². The van der Waals surface area contributed by atoms with Crippen LogP contribution in [0, 0.1) is 38.0 Å². The number of carbonyl (C=O) groups excluding carboxylic acids is 5. The number of ether oxygens (including phenoxy) is 1. The van der Waals surface area contributed by atoms with Crippen molar-refractivity contribution in [2.45, 2.75) is 13.3 Å². The maximum Gasteiger partial charge on any atom is 0.343 e. The van der Waals surface area contributed by atoms with E-state index in [1.54, 1.807) is 13.0 Å². The molecule has 0 unspecified atom stereocenters. The Morgan fingerprint density at radius 2 is 1.36 bits per heavy atom. The van der Waals surface area contributed by atoms with Crippen molar-refractivity contribution in [3.63, 3.8) is 0 Å². The lowest BCUT2D eigenvalue weighted by Crippen LogP contribution is -2.52. The molecule has 3 atom stereocenters. The van der Waals surface area contributed by atoms with Crippen molar-refractivity contribution in [1.29, 1.82) is 0 Å². The van der Waals surface area contributed by atoms with Crippen LogP contribution in [0.25, 0.3) is 0 Å². The Morgan fingerprint density at radius 1 is 0.822 bits per heavy atom. The first-order valence-electron chi connectivity index (χ1n) is 13.7. The molecule has 14 heteroatoms. The molecule has 45 heavy (non-hydrogen) atoms. The number of rotatable bonds is 9. The molecule has 228 valence electrons. The van der Waals surface area contributed by atoms with E-state index in [1.807, 2.05) is 6.08 Å². The van der Waals surface area contributed by atoms with Gasteiger partial charge in [0.1, 0.15) is 12.3 Å². The fraction of sp³-hybridized carbons (Fsp3) is 0.194. The number of esters is 1. The number of nitro groups is 2. The summed E-state index contributed by atoms with van der Waals surface area (Å²) in [4.78, 5) is 87.2. The molecule has 0 aromatic heterocycles. The third kappa shape index (κ3) is 6.06. The highest BCUT2D eigenvalue weighted by atomic mass is 16.6. The second kappa shape index (κ2) is 12.3. The van der Waals surface area contributed by atoms with Crippen LogP contribution in [0.15, 0.2) is 84.9 Å². The number of allylic oxidation sites excluding steroid dienone is 2. The van der Waals surface area contributed by atoms with Gasteiger partial charge in [0, 0.05) is 35.4 Å². The van der Waals surface area contributed by atoms with Gasteiger partial charge >= 0.3 is 5.97 Å². The van der Waals surface area contributed by atoms with Gasteiger partial charge in [-0.25, -0.2) is 9.80 Å². The molecular weight excluding hydrogens is 588 g/mol. The van der Waals surface area contributed by atoms with E-state index in [9.17, 15) is 44.2 Å². The average Bonchev–Trinajstić information content (AvgIpc) is 3.29. The normalized spacial score (nSPS) is 18.7. The van der Waals surface area contributed by atoms with Gasteiger partial charge in [-0.15, -0.1) is 0 Å². The number of hydrogen-bond donors (Lipinski definition) is 0. The highest BCUT2D eigenvalue weighted by Crippen LogP contribution is 2.39. The van der Waals surface area contributed by atoms with Gasteiger partial charge in [0.05, 0.1) is 27.2 Å². The summed E-state index contributed by atoms with van der Waals surface area (Å²) >= 11 is 0. The number of non-ortho nitro benzene ring substituents is 2. The molecule has 5 rings (SSSR count). The third-order valence-electron chi connectivity index (χ3n) is 7.64. The lowest BCUT2D eigenvalue weighted by molar-refractivity contribution is -0.385. The van der Waals surface area contributed by atoms with Crippen LogP contribution < -0.4 is 4.74 Å². The number of benzene rings is 3. The largest absolute Gasteiger partial charge is 0.423 e. The molecule has 0 bridgehead atoms. The number of nitro benzene ring substituents is 2. The van der Waals surface area contributed by atoms with Crippen LogP contribution >= 0.6 is 0 Å². The molecule has 0 spiro atoms. The number of carbonyl (C=O) groups is 5. The summed E-state index contributed by atoms with van der Waals surface area (Å²) in [7, 11) is 0. The molecule has 0 radical (unpaired) electrons. The summed E-state index contributed by atoms with van der Waals surface area (Å²) in [5, 5.41) is 23.4. The second-order valence-corrected chi connectivity index (χ2v) is 10.5. The van der Waals surface area contributed by atoms with Gasteiger partial charge in [0.25, 0.3) is 29.1 Å². The molecule has 3 aromatic rings. The first-order chi connectivity index (χ1) is 21.5. The Kier molecular flexibility index (Phi) is 8.30. The fourth-order valence-electron chi connectivity index (χ4n) is 5.30. The Balaban J connectivity index is 1.37. The van der Waals surface area contributed by atoms with Crippen molar-refractivity contribution in [3.8, 4) is 5.75 Å². The number of ketones is 1. The number of nitrogens with zero attached hydrogens (tertiary/aromatic N) is 4. The average molecular weight is 613 g/mol. The highest BCUT2D eigenvalue weighted by Gasteiger charge is 2.53. The molecule has 0 N–H and O–H groups in total. The van der Waals surface area contributed by atoms with Gasteiger partial charge in [-0.1, -0.05) is 19.1 Å². The first kappa shape index (κ1) is 30.4. The SMILES string of the molecule is C[C@@H]1C=CC[C@H]2C(=O)N(N(CC(=O)c3ccc(OC(=O)c4ccc([N+](=O)[O-])cc4)cc3)C(=O)c3ccc([N+](=O)[O-])cc3)C(=O)[C@@H]12. The molecule has 1 fully saturated rings. The molecule has 0 saturated carbocycles. The van der Waals surface area contributed by atoms with Crippen molar-refractivity contribution in [3.05, 3.63) is 122 Å². The van der Waals surface area contributed by atoms with Crippen molar-refractivity contribution in [2.24, 2.45) is 17.8 Å². The zero-order chi connectivity index (χ0) is 32.4. The summed E-state index contributed by atoms with van der Waals surface area (Å²) in [5.41, 5.74) is -0.423. The smallest absolute Gasteiger partial charge is 0.343 e. The minimum atomic E-state index is -0.882. The molecule has 14 nitrogen and oxygen atoms in total. The predicted molar refractivity (Wildman–Crippen MR) is 155 cm³/mol. The summed E-state index contributed by atoms with van der Waals surface area (Å²) in [6.07, 6.45) is 3.91. The monoisotopic (exact) mass is 612 g/mol. The fourth-order valence-corrected chi connectivity index (χ4v) is 5.30. The Bertz CT molecular complexity index is 1750. The zero-order valence-electron chi connectivity index (χ0n) is 23.6. The Labute approximate surface area is 254 Å². The van der Waals surface area contributed by atoms with Crippen LogP contribution in [-0.4, -0.2) is 55.9 Å². The maximum absolute atomic E-state index is 13.7. The van der Waals surface area contributed by atoms with Crippen LogP contribution in [0.5, 0.6) is 5.75 Å². The predicted octanol–water partition coefficient (Wildman–Crippen LogP) is 4.16. The van der Waals surface area contributed by atoms with Crippen LogP contribution in [0.1, 0.15) is 44.4 Å². The number of fused-ring (bicyclic) bond motifs is 1. The van der Waals surface area contributed by atoms with E-state index in [0.29, 0.717) is 11.4 Å². The van der Waals surface area contributed by atoms with Crippen molar-refractivity contribution in [1.82, 2.24) is 10.0 Å². The summed E-state index contributed by atoms with van der Waals surface area (Å²) in [6.45, 7) is 1.07. The van der Waals surface area contributed by atoms with E-state index in [4.69, 9.17) is 4.74 Å². The highest BCUT2D eigenvalue weighted by molar-refractivity contribution is 6.10. The summed E-state index contributed by atoms with van der Waals surface area (Å²) in [6, 6.07) is 14.7. The van der Waals surface area contributed by atoms with Crippen molar-refractivity contribution < 1.29 is 38.6 Å². The Hall–Kier alpha value is -6.05. The molecule has 2 aliphatic rings. The molecule has 3 amide bonds. The number of imide groups is 1. The van der Waals surface area contributed by atoms with E-state index in [1.165, 1.54) is 48.5 Å². The van der Waals surface area contributed by atoms with Gasteiger partial charge in [-0.3, -0.25) is 39.4 Å². The van der Waals surface area contributed by atoms with Gasteiger partial charge < -0.3 is 4.74 Å². The van der Waals surface area contributed by atoms with Crippen molar-refractivity contribution >= 4 is 40.8 Å². The van der Waals surface area contributed by atoms with E-state index in [-0.39, 0.29) is 39.7 Å². The standard InChI is InChI=1S/C31H24N4O10/c1-18-3-2-4-25-27(18)30(39)33(29(25)38)32(28(37)20-5-11-22(12-6-20)34(41)42)17-26(36)19-9-15-24(16-10-19)45-31(40)21-7-13-23(14-8-21)35(43)44/h2-3,5-16,18,25,27H,4,17H2,1H3/t18-,25-,27+/m1/s1. The van der Waals surface area contributed by atoms with Gasteiger partial charge in [0.15, 0.2) is 5.78 Å². The Morgan fingerprint density at radius 3 is 1.89 bits per heavy atom. The van der Waals surface area contributed by atoms with Gasteiger partial charge in [-0.05, 0) is 60.9 Å². The summed E-state index contributed by atoms with van der Waals surface area (Å²) in [5.74, 6) is -5.22. The number of hydrazine groups is 1. The molecular formula is C31H24N4O10. The molecule has 1 heterocycles. The zero-order valence-corrected chi connectivity index (χ0v) is 23.6. The van der Waals surface area contributed by atoms with Crippen LogP contribution in [0.2, 0.25) is 0 Å². The minimum absolute atomic E-state index is 0.0594.